The van der Waals surface area contributed by atoms with E-state index in [2.05, 4.69) is 15.3 Å². The Hall–Kier alpha value is -2.22. The molecule has 0 radical (unpaired) electrons. The molecule has 0 fully saturated rings. The first-order valence-electron chi connectivity index (χ1n) is 7.54. The summed E-state index contributed by atoms with van der Waals surface area (Å²) in [7, 11) is 3.86. The van der Waals surface area contributed by atoms with Crippen LogP contribution in [0.1, 0.15) is 24.0 Å². The molecular weight excluding hydrogens is 298 g/mol. The number of rotatable bonds is 4. The maximum Gasteiger partial charge on any atom is 0.247 e. The minimum Gasteiger partial charge on any atom is -0.394 e. The van der Waals surface area contributed by atoms with Gasteiger partial charge in [-0.1, -0.05) is 0 Å². The van der Waals surface area contributed by atoms with Gasteiger partial charge in [0.2, 0.25) is 11.8 Å². The number of carbonyl (C=O) groups is 2. The summed E-state index contributed by atoms with van der Waals surface area (Å²) >= 11 is 0. The van der Waals surface area contributed by atoms with Gasteiger partial charge in [0, 0.05) is 33.1 Å². The van der Waals surface area contributed by atoms with E-state index in [4.69, 9.17) is 0 Å². The Labute approximate surface area is 135 Å². The molecule has 0 unspecified atom stereocenters. The van der Waals surface area contributed by atoms with Gasteiger partial charge < -0.3 is 20.2 Å². The third-order valence-electron chi connectivity index (χ3n) is 3.75. The van der Waals surface area contributed by atoms with E-state index in [9.17, 15) is 14.7 Å². The van der Waals surface area contributed by atoms with Gasteiger partial charge in [-0.25, -0.2) is 9.97 Å². The predicted octanol–water partition coefficient (Wildman–Crippen LogP) is -0.767. The number of hydrogen-bond donors (Lipinski definition) is 2. The molecule has 0 spiro atoms. The Morgan fingerprint density at radius 3 is 2.65 bits per heavy atom. The maximum absolute atomic E-state index is 12.5. The van der Waals surface area contributed by atoms with E-state index in [0.717, 1.165) is 17.1 Å². The first kappa shape index (κ1) is 17.1. The Morgan fingerprint density at radius 2 is 2.09 bits per heavy atom. The lowest BCUT2D eigenvalue weighted by Crippen LogP contribution is -2.51. The van der Waals surface area contributed by atoms with Crippen molar-refractivity contribution in [1.82, 2.24) is 20.2 Å². The molecule has 2 N–H and O–H groups in total. The van der Waals surface area contributed by atoms with Gasteiger partial charge in [-0.15, -0.1) is 0 Å². The summed E-state index contributed by atoms with van der Waals surface area (Å²) < 4.78 is 0. The van der Waals surface area contributed by atoms with E-state index in [1.807, 2.05) is 25.9 Å². The van der Waals surface area contributed by atoms with Crippen LogP contribution in [0.2, 0.25) is 0 Å². The zero-order valence-corrected chi connectivity index (χ0v) is 14.0. The second-order valence-electron chi connectivity index (χ2n) is 5.86. The van der Waals surface area contributed by atoms with E-state index in [1.54, 1.807) is 4.90 Å². The molecule has 8 heteroatoms. The number of nitrogens with one attached hydrogen (secondary N) is 1. The van der Waals surface area contributed by atoms with Crippen LogP contribution in [0.3, 0.4) is 0 Å². The fraction of sp³-hybridized carbons (Fsp3) is 0.600. The van der Waals surface area contributed by atoms with Crippen molar-refractivity contribution in [3.05, 3.63) is 17.1 Å². The summed E-state index contributed by atoms with van der Waals surface area (Å²) in [5.41, 5.74) is 1.87. The smallest absolute Gasteiger partial charge is 0.247 e. The molecule has 2 amide bonds. The summed E-state index contributed by atoms with van der Waals surface area (Å²) in [5, 5.41) is 11.8. The number of fused-ring (bicyclic) bond motifs is 1. The van der Waals surface area contributed by atoms with Crippen LogP contribution in [0.25, 0.3) is 0 Å². The monoisotopic (exact) mass is 321 g/mol. The van der Waals surface area contributed by atoms with Gasteiger partial charge in [0.05, 0.1) is 18.8 Å². The van der Waals surface area contributed by atoms with Crippen LogP contribution in [0, 0.1) is 6.92 Å². The number of aliphatic hydroxyl groups is 1. The lowest BCUT2D eigenvalue weighted by molar-refractivity contribution is -0.138. The second-order valence-corrected chi connectivity index (χ2v) is 5.86. The van der Waals surface area contributed by atoms with Gasteiger partial charge in [0.15, 0.2) is 0 Å². The second kappa shape index (κ2) is 6.91. The van der Waals surface area contributed by atoms with Crippen molar-refractivity contribution in [3.63, 3.8) is 0 Å². The lowest BCUT2D eigenvalue weighted by atomic mass is 10.0. The molecule has 23 heavy (non-hydrogen) atoms. The SMILES string of the molecule is CC(=O)N[C@H](CO)C(=O)N1CCc2c(nc(C)nc2N(C)C)C1. The topological polar surface area (TPSA) is 98.7 Å². The molecule has 0 saturated carbocycles. The van der Waals surface area contributed by atoms with Crippen molar-refractivity contribution in [3.8, 4) is 0 Å². The fourth-order valence-corrected chi connectivity index (χ4v) is 2.74. The van der Waals surface area contributed by atoms with E-state index in [0.29, 0.717) is 25.3 Å². The van der Waals surface area contributed by atoms with E-state index in [1.165, 1.54) is 6.92 Å². The Morgan fingerprint density at radius 1 is 1.39 bits per heavy atom. The zero-order valence-electron chi connectivity index (χ0n) is 14.0. The maximum atomic E-state index is 12.5. The van der Waals surface area contributed by atoms with Crippen molar-refractivity contribution in [1.29, 1.82) is 0 Å². The average Bonchev–Trinajstić information content (AvgIpc) is 2.50. The van der Waals surface area contributed by atoms with Crippen LogP contribution in [-0.4, -0.2) is 65.1 Å². The zero-order chi connectivity index (χ0) is 17.1. The number of aryl methyl sites for hydroxylation is 1. The van der Waals surface area contributed by atoms with Crippen LogP contribution in [0.4, 0.5) is 5.82 Å². The number of hydrogen-bond acceptors (Lipinski definition) is 6. The highest BCUT2D eigenvalue weighted by atomic mass is 16.3. The first-order valence-corrected chi connectivity index (χ1v) is 7.54. The van der Waals surface area contributed by atoms with Gasteiger partial charge in [-0.05, 0) is 13.3 Å². The Balaban J connectivity index is 2.23. The summed E-state index contributed by atoms with van der Waals surface area (Å²) in [6.07, 6.45) is 0.646. The largest absolute Gasteiger partial charge is 0.394 e. The normalized spacial score (nSPS) is 14.9. The third kappa shape index (κ3) is 3.76. The third-order valence-corrected chi connectivity index (χ3v) is 3.75. The molecule has 1 aromatic heterocycles. The minimum atomic E-state index is -0.912. The molecular formula is C15H23N5O3. The van der Waals surface area contributed by atoms with Gasteiger partial charge in [-0.2, -0.15) is 0 Å². The predicted molar refractivity (Wildman–Crippen MR) is 84.9 cm³/mol. The number of carbonyl (C=O) groups excluding carboxylic acids is 2. The van der Waals surface area contributed by atoms with Crippen LogP contribution in [0.5, 0.6) is 0 Å². The molecule has 2 heterocycles. The molecule has 0 aliphatic carbocycles. The van der Waals surface area contributed by atoms with E-state index >= 15 is 0 Å². The fourth-order valence-electron chi connectivity index (χ4n) is 2.74. The summed E-state index contributed by atoms with van der Waals surface area (Å²) in [4.78, 5) is 36.1. The molecule has 0 aromatic carbocycles. The van der Waals surface area contributed by atoms with Gasteiger partial charge in [0.1, 0.15) is 17.7 Å². The number of aromatic nitrogens is 2. The highest BCUT2D eigenvalue weighted by Crippen LogP contribution is 2.25. The van der Waals surface area contributed by atoms with Crippen molar-refractivity contribution in [2.75, 3.05) is 32.1 Å². The summed E-state index contributed by atoms with van der Waals surface area (Å²) in [6, 6.07) is -0.912. The molecule has 1 aromatic rings. The Kier molecular flexibility index (Phi) is 5.15. The molecule has 0 bridgehead atoms. The highest BCUT2D eigenvalue weighted by molar-refractivity contribution is 5.87. The molecule has 2 rings (SSSR count). The van der Waals surface area contributed by atoms with Crippen LogP contribution >= 0.6 is 0 Å². The van der Waals surface area contributed by atoms with E-state index in [-0.39, 0.29) is 11.8 Å². The molecule has 0 saturated heterocycles. The molecule has 1 aliphatic rings. The number of amides is 2. The first-order chi connectivity index (χ1) is 10.8. The lowest BCUT2D eigenvalue weighted by Gasteiger charge is -2.32. The van der Waals surface area contributed by atoms with E-state index < -0.39 is 12.6 Å². The van der Waals surface area contributed by atoms with Gasteiger partial charge >= 0.3 is 0 Å². The van der Waals surface area contributed by atoms with Crippen molar-refractivity contribution in [2.45, 2.75) is 32.9 Å². The van der Waals surface area contributed by atoms with Crippen LogP contribution in [-0.2, 0) is 22.6 Å². The molecule has 1 atom stereocenters. The molecule has 8 nitrogen and oxygen atoms in total. The number of aliphatic hydroxyl groups excluding tert-OH is 1. The summed E-state index contributed by atoms with van der Waals surface area (Å²) in [6.45, 7) is 3.58. The quantitative estimate of drug-likeness (QED) is 0.756. The number of nitrogens with zero attached hydrogens (tertiary/aromatic N) is 4. The minimum absolute atomic E-state index is 0.295. The highest BCUT2D eigenvalue weighted by Gasteiger charge is 2.29. The standard InChI is InChI=1S/C15H23N5O3/c1-9-16-12-7-20(15(23)13(8-21)18-10(2)22)6-5-11(12)14(17-9)19(3)4/h13,21H,5-8H2,1-4H3,(H,18,22)/t13-/m1/s1. The van der Waals surface area contributed by atoms with Crippen LogP contribution in [0.15, 0.2) is 0 Å². The van der Waals surface area contributed by atoms with Gasteiger partial charge in [0.25, 0.3) is 0 Å². The van der Waals surface area contributed by atoms with Crippen molar-refractivity contribution >= 4 is 17.6 Å². The molecule has 1 aliphatic heterocycles. The Bertz CT molecular complexity index is 617. The van der Waals surface area contributed by atoms with Crippen LogP contribution < -0.4 is 10.2 Å². The van der Waals surface area contributed by atoms with Gasteiger partial charge in [-0.3, -0.25) is 9.59 Å². The summed E-state index contributed by atoms with van der Waals surface area (Å²) in [5.74, 6) is 0.890. The van der Waals surface area contributed by atoms with Crippen molar-refractivity contribution in [2.24, 2.45) is 0 Å². The molecule has 126 valence electrons. The number of anilines is 1. The average molecular weight is 321 g/mol. The van der Waals surface area contributed by atoms with Crippen molar-refractivity contribution < 1.29 is 14.7 Å².